The number of hydrogen-bond acceptors (Lipinski definition) is 6. The third-order valence-electron chi connectivity index (χ3n) is 2.89. The van der Waals surface area contributed by atoms with E-state index in [1.54, 1.807) is 0 Å². The number of aryl methyl sites for hydroxylation is 1. The van der Waals surface area contributed by atoms with Crippen molar-refractivity contribution in [3.8, 4) is 10.9 Å². The molecular weight excluding hydrogens is 266 g/mol. The van der Waals surface area contributed by atoms with Crippen molar-refractivity contribution in [2.45, 2.75) is 12.8 Å². The minimum Gasteiger partial charge on any atom is -0.429 e. The number of thiazole rings is 1. The molecule has 98 valence electrons. The molecule has 0 unspecified atom stereocenters. The van der Waals surface area contributed by atoms with Gasteiger partial charge in [0, 0.05) is 6.54 Å². The number of para-hydroxylation sites is 1. The number of nitrogens with zero attached hydrogens (tertiary/aromatic N) is 2. The molecule has 1 N–H and O–H groups in total. The summed E-state index contributed by atoms with van der Waals surface area (Å²) < 4.78 is 5.65. The molecule has 0 saturated carbocycles. The van der Waals surface area contributed by atoms with Crippen molar-refractivity contribution in [1.82, 2.24) is 4.98 Å². The highest BCUT2D eigenvalue weighted by Crippen LogP contribution is 2.37. The summed E-state index contributed by atoms with van der Waals surface area (Å²) in [5.74, 6) is 0.668. The quantitative estimate of drug-likeness (QED) is 0.688. The van der Waals surface area contributed by atoms with E-state index in [9.17, 15) is 10.1 Å². The maximum atomic E-state index is 10.6. The van der Waals surface area contributed by atoms with Crippen LogP contribution in [0, 0.1) is 10.1 Å². The lowest BCUT2D eigenvalue weighted by Gasteiger charge is -2.20. The third-order valence-corrected chi connectivity index (χ3v) is 3.71. The zero-order chi connectivity index (χ0) is 13.2. The van der Waals surface area contributed by atoms with E-state index in [4.69, 9.17) is 4.74 Å². The summed E-state index contributed by atoms with van der Waals surface area (Å²) in [4.78, 5) is 14.0. The molecule has 2 aromatic rings. The molecule has 1 aliphatic rings. The van der Waals surface area contributed by atoms with Crippen LogP contribution < -0.4 is 10.1 Å². The Balaban J connectivity index is 1.88. The maximum absolute atomic E-state index is 10.6. The van der Waals surface area contributed by atoms with Crippen molar-refractivity contribution >= 4 is 22.0 Å². The van der Waals surface area contributed by atoms with Crippen LogP contribution in [0.5, 0.6) is 10.9 Å². The third kappa shape index (κ3) is 2.37. The zero-order valence-electron chi connectivity index (χ0n) is 9.96. The molecule has 7 heteroatoms. The second-order valence-electron chi connectivity index (χ2n) is 4.14. The molecule has 6 nitrogen and oxygen atoms in total. The molecule has 0 aliphatic carbocycles. The lowest BCUT2D eigenvalue weighted by Crippen LogP contribution is -2.12. The molecule has 1 aromatic carbocycles. The van der Waals surface area contributed by atoms with E-state index < -0.39 is 4.92 Å². The van der Waals surface area contributed by atoms with Gasteiger partial charge in [0.1, 0.15) is 6.20 Å². The van der Waals surface area contributed by atoms with E-state index in [-0.39, 0.29) is 10.2 Å². The molecule has 3 rings (SSSR count). The van der Waals surface area contributed by atoms with Crippen molar-refractivity contribution in [2.24, 2.45) is 0 Å². The molecule has 0 spiro atoms. The topological polar surface area (TPSA) is 77.3 Å². The molecule has 19 heavy (non-hydrogen) atoms. The van der Waals surface area contributed by atoms with E-state index in [2.05, 4.69) is 16.4 Å². The number of benzene rings is 1. The fourth-order valence-corrected chi connectivity index (χ4v) is 2.63. The molecule has 0 fully saturated rings. The Kier molecular flexibility index (Phi) is 3.04. The number of anilines is 1. The number of fused-ring (bicyclic) bond motifs is 1. The van der Waals surface area contributed by atoms with Crippen molar-refractivity contribution in [2.75, 3.05) is 11.9 Å². The largest absolute Gasteiger partial charge is 0.429 e. The monoisotopic (exact) mass is 277 g/mol. The van der Waals surface area contributed by atoms with Gasteiger partial charge in [-0.3, -0.25) is 10.1 Å². The highest BCUT2D eigenvalue weighted by molar-refractivity contribution is 7.16. The first-order valence-electron chi connectivity index (χ1n) is 5.88. The summed E-state index contributed by atoms with van der Waals surface area (Å²) in [5.41, 5.74) is 2.17. The molecule has 1 aliphatic heterocycles. The summed E-state index contributed by atoms with van der Waals surface area (Å²) in [6.07, 6.45) is 3.32. The Morgan fingerprint density at radius 2 is 2.37 bits per heavy atom. The minimum absolute atomic E-state index is 0.0206. The Bertz CT molecular complexity index is 626. The van der Waals surface area contributed by atoms with Gasteiger partial charge in [0.25, 0.3) is 5.19 Å². The van der Waals surface area contributed by atoms with Crippen molar-refractivity contribution in [3.05, 3.63) is 40.1 Å². The zero-order valence-corrected chi connectivity index (χ0v) is 10.8. The Hall–Kier alpha value is -2.15. The smallest absolute Gasteiger partial charge is 0.347 e. The van der Waals surface area contributed by atoms with Crippen molar-refractivity contribution in [1.29, 1.82) is 0 Å². The van der Waals surface area contributed by atoms with Gasteiger partial charge >= 0.3 is 5.00 Å². The lowest BCUT2D eigenvalue weighted by molar-refractivity contribution is -0.380. The molecule has 0 amide bonds. The Morgan fingerprint density at radius 3 is 3.16 bits per heavy atom. The van der Waals surface area contributed by atoms with E-state index >= 15 is 0 Å². The number of nitro groups is 1. The van der Waals surface area contributed by atoms with E-state index in [0.717, 1.165) is 36.4 Å². The van der Waals surface area contributed by atoms with Crippen LogP contribution in [0.2, 0.25) is 0 Å². The summed E-state index contributed by atoms with van der Waals surface area (Å²) in [6.45, 7) is 0.908. The number of ether oxygens (including phenoxy) is 1. The predicted molar refractivity (Wildman–Crippen MR) is 72.1 cm³/mol. The van der Waals surface area contributed by atoms with E-state index in [0.29, 0.717) is 5.75 Å². The second-order valence-corrected chi connectivity index (χ2v) is 5.12. The first-order chi connectivity index (χ1) is 9.24. The lowest BCUT2D eigenvalue weighted by atomic mass is 10.0. The molecular formula is C12H11N3O3S. The van der Waals surface area contributed by atoms with Gasteiger partial charge in [0.05, 0.1) is 10.6 Å². The highest BCUT2D eigenvalue weighted by atomic mass is 32.1. The number of nitrogens with one attached hydrogen (secondary N) is 1. The number of hydrogen-bond donors (Lipinski definition) is 1. The average Bonchev–Trinajstić information content (AvgIpc) is 2.88. The van der Waals surface area contributed by atoms with Crippen molar-refractivity contribution < 1.29 is 9.66 Å². The van der Waals surface area contributed by atoms with Gasteiger partial charge in [-0.2, -0.15) is 0 Å². The summed E-state index contributed by atoms with van der Waals surface area (Å²) in [6, 6.07) is 5.81. The SMILES string of the molecule is O=[N+]([O-])c1cnc(Oc2cccc3c2NCCC3)s1. The molecule has 0 radical (unpaired) electrons. The normalized spacial score (nSPS) is 13.5. The fourth-order valence-electron chi connectivity index (χ4n) is 2.04. The van der Waals surface area contributed by atoms with Gasteiger partial charge < -0.3 is 10.1 Å². The summed E-state index contributed by atoms with van der Waals surface area (Å²) >= 11 is 0.926. The molecule has 0 bridgehead atoms. The molecule has 2 heterocycles. The van der Waals surface area contributed by atoms with Crippen LogP contribution in [-0.2, 0) is 6.42 Å². The molecule has 0 atom stereocenters. The summed E-state index contributed by atoms with van der Waals surface area (Å²) in [5, 5.41) is 14.2. The number of rotatable bonds is 3. The fraction of sp³-hybridized carbons (Fsp3) is 0.250. The van der Waals surface area contributed by atoms with Crippen LogP contribution >= 0.6 is 11.3 Å². The first kappa shape index (κ1) is 11.9. The van der Waals surface area contributed by atoms with Gasteiger partial charge in [-0.1, -0.05) is 12.1 Å². The van der Waals surface area contributed by atoms with E-state index in [1.165, 1.54) is 11.8 Å². The standard InChI is InChI=1S/C12H11N3O3S/c16-15(17)10-7-14-12(19-10)18-9-5-1-3-8-4-2-6-13-11(8)9/h1,3,5,7,13H,2,4,6H2. The molecule has 1 aromatic heterocycles. The Morgan fingerprint density at radius 1 is 1.47 bits per heavy atom. The van der Waals surface area contributed by atoms with Crippen LogP contribution in [0.1, 0.15) is 12.0 Å². The van der Waals surface area contributed by atoms with Gasteiger partial charge in [-0.15, -0.1) is 0 Å². The molecule has 0 saturated heterocycles. The highest BCUT2D eigenvalue weighted by Gasteiger charge is 2.17. The van der Waals surface area contributed by atoms with Crippen molar-refractivity contribution in [3.63, 3.8) is 0 Å². The van der Waals surface area contributed by atoms with Crippen LogP contribution in [0.25, 0.3) is 0 Å². The van der Waals surface area contributed by atoms with Gasteiger partial charge in [0.2, 0.25) is 0 Å². The van der Waals surface area contributed by atoms with Gasteiger partial charge in [0.15, 0.2) is 5.75 Å². The minimum atomic E-state index is -0.469. The van der Waals surface area contributed by atoms with Crippen LogP contribution in [0.4, 0.5) is 10.7 Å². The maximum Gasteiger partial charge on any atom is 0.347 e. The second kappa shape index (κ2) is 4.85. The van der Waals surface area contributed by atoms with Gasteiger partial charge in [-0.25, -0.2) is 4.98 Å². The van der Waals surface area contributed by atoms with E-state index in [1.807, 2.05) is 12.1 Å². The first-order valence-corrected chi connectivity index (χ1v) is 6.69. The predicted octanol–water partition coefficient (Wildman–Crippen LogP) is 3.20. The average molecular weight is 277 g/mol. The van der Waals surface area contributed by atoms with Crippen LogP contribution in [0.15, 0.2) is 24.4 Å². The van der Waals surface area contributed by atoms with Crippen LogP contribution in [-0.4, -0.2) is 16.5 Å². The van der Waals surface area contributed by atoms with Crippen LogP contribution in [0.3, 0.4) is 0 Å². The Labute approximate surface area is 113 Å². The van der Waals surface area contributed by atoms with Gasteiger partial charge in [-0.05, 0) is 35.8 Å². The summed E-state index contributed by atoms with van der Waals surface area (Å²) in [7, 11) is 0. The number of aromatic nitrogens is 1.